The van der Waals surface area contributed by atoms with Crippen molar-refractivity contribution < 1.29 is 9.67 Å². The number of aryl methyl sites for hydroxylation is 2. The zero-order valence-corrected chi connectivity index (χ0v) is 8.71. The largest absolute Gasteiger partial charge is 0.478 e. The second-order valence-corrected chi connectivity index (χ2v) is 4.06. The SMILES string of the molecule is CC[n+]1c(O)cc(=O)n2nc(C)sc21. The minimum atomic E-state index is -0.299. The third-order valence-corrected chi connectivity index (χ3v) is 2.90. The predicted octanol–water partition coefficient (Wildman–Crippen LogP) is 0.0774. The summed E-state index contributed by atoms with van der Waals surface area (Å²) < 4.78 is 2.95. The number of fused-ring (bicyclic) bond motifs is 1. The van der Waals surface area contributed by atoms with Crippen molar-refractivity contribution in [3.05, 3.63) is 21.4 Å². The fourth-order valence-corrected chi connectivity index (χ4v) is 2.27. The first-order chi connectivity index (χ1) is 6.63. The predicted molar refractivity (Wildman–Crippen MR) is 51.6 cm³/mol. The number of hydrogen-bond donors (Lipinski definition) is 1. The molecule has 14 heavy (non-hydrogen) atoms. The van der Waals surface area contributed by atoms with E-state index in [4.69, 9.17) is 0 Å². The van der Waals surface area contributed by atoms with Gasteiger partial charge in [-0.05, 0) is 29.7 Å². The van der Waals surface area contributed by atoms with Gasteiger partial charge in [0, 0.05) is 0 Å². The van der Waals surface area contributed by atoms with Gasteiger partial charge in [0.2, 0.25) is 0 Å². The van der Waals surface area contributed by atoms with E-state index in [0.29, 0.717) is 11.5 Å². The van der Waals surface area contributed by atoms with Crippen LogP contribution in [0.15, 0.2) is 10.9 Å². The highest BCUT2D eigenvalue weighted by atomic mass is 32.1. The summed E-state index contributed by atoms with van der Waals surface area (Å²) >= 11 is 1.39. The van der Waals surface area contributed by atoms with E-state index in [0.717, 1.165) is 5.01 Å². The van der Waals surface area contributed by atoms with Gasteiger partial charge in [0.05, 0.1) is 6.54 Å². The van der Waals surface area contributed by atoms with Crippen molar-refractivity contribution in [1.82, 2.24) is 9.61 Å². The molecule has 5 nitrogen and oxygen atoms in total. The molecule has 6 heteroatoms. The van der Waals surface area contributed by atoms with E-state index < -0.39 is 0 Å². The van der Waals surface area contributed by atoms with Crippen LogP contribution in [0.2, 0.25) is 0 Å². The Morgan fingerprint density at radius 2 is 2.43 bits per heavy atom. The van der Waals surface area contributed by atoms with E-state index in [1.54, 1.807) is 4.57 Å². The van der Waals surface area contributed by atoms with Crippen LogP contribution in [0.1, 0.15) is 11.9 Å². The summed E-state index contributed by atoms with van der Waals surface area (Å²) in [5.74, 6) is -0.0128. The summed E-state index contributed by atoms with van der Waals surface area (Å²) in [6, 6.07) is 1.18. The maximum atomic E-state index is 11.4. The summed E-state index contributed by atoms with van der Waals surface area (Å²) in [5.41, 5.74) is -0.299. The van der Waals surface area contributed by atoms with Crippen molar-refractivity contribution in [2.75, 3.05) is 0 Å². The average molecular weight is 212 g/mol. The first kappa shape index (κ1) is 9.14. The molecule has 0 saturated carbocycles. The topological polar surface area (TPSA) is 58.5 Å². The van der Waals surface area contributed by atoms with Crippen molar-refractivity contribution in [3.8, 4) is 5.88 Å². The molecule has 2 rings (SSSR count). The van der Waals surface area contributed by atoms with E-state index in [1.165, 1.54) is 21.9 Å². The van der Waals surface area contributed by atoms with Gasteiger partial charge in [-0.25, -0.2) is 4.79 Å². The monoisotopic (exact) mass is 212 g/mol. The quantitative estimate of drug-likeness (QED) is 0.681. The maximum Gasteiger partial charge on any atom is 0.374 e. The molecule has 0 amide bonds. The van der Waals surface area contributed by atoms with E-state index in [1.807, 2.05) is 13.8 Å². The molecule has 0 aliphatic carbocycles. The lowest BCUT2D eigenvalue weighted by Gasteiger charge is -1.96. The number of aromatic hydroxyl groups is 1. The van der Waals surface area contributed by atoms with Crippen LogP contribution in [0.25, 0.3) is 4.96 Å². The first-order valence-electron chi connectivity index (χ1n) is 4.25. The van der Waals surface area contributed by atoms with E-state index in [2.05, 4.69) is 5.10 Å². The van der Waals surface area contributed by atoms with Gasteiger partial charge >= 0.3 is 10.5 Å². The molecule has 0 fully saturated rings. The van der Waals surface area contributed by atoms with Crippen LogP contribution >= 0.6 is 11.3 Å². The van der Waals surface area contributed by atoms with Crippen LogP contribution in [0.4, 0.5) is 0 Å². The molecule has 0 aromatic carbocycles. The molecule has 0 saturated heterocycles. The van der Waals surface area contributed by atoms with Crippen LogP contribution in [0, 0.1) is 6.92 Å². The zero-order chi connectivity index (χ0) is 10.3. The molecule has 2 aromatic heterocycles. The minimum absolute atomic E-state index is 0.0128. The van der Waals surface area contributed by atoms with Gasteiger partial charge in [0.1, 0.15) is 11.1 Å². The molecule has 74 valence electrons. The van der Waals surface area contributed by atoms with Gasteiger partial charge in [-0.2, -0.15) is 4.57 Å². The van der Waals surface area contributed by atoms with Crippen molar-refractivity contribution in [3.63, 3.8) is 0 Å². The Kier molecular flexibility index (Phi) is 1.99. The summed E-state index contributed by atoms with van der Waals surface area (Å²) in [7, 11) is 0. The van der Waals surface area contributed by atoms with Crippen molar-refractivity contribution >= 4 is 16.3 Å². The van der Waals surface area contributed by atoms with Crippen molar-refractivity contribution in [1.29, 1.82) is 0 Å². The van der Waals surface area contributed by atoms with Crippen LogP contribution in [0.5, 0.6) is 5.88 Å². The Morgan fingerprint density at radius 1 is 1.71 bits per heavy atom. The van der Waals surface area contributed by atoms with Crippen LogP contribution in [-0.4, -0.2) is 14.7 Å². The molecular formula is C8H10N3O2S+. The second kappa shape index (κ2) is 3.06. The zero-order valence-electron chi connectivity index (χ0n) is 7.89. The highest BCUT2D eigenvalue weighted by Gasteiger charge is 2.18. The van der Waals surface area contributed by atoms with Crippen LogP contribution < -0.4 is 10.1 Å². The van der Waals surface area contributed by atoms with Crippen molar-refractivity contribution in [2.45, 2.75) is 20.4 Å². The molecule has 0 radical (unpaired) electrons. The standard InChI is InChI=1S/C8H9N3O2S/c1-3-10-6(12)4-7(13)11-8(10)14-5(2)9-11/h4H,3H2,1-2H3/p+1. The van der Waals surface area contributed by atoms with Gasteiger partial charge in [-0.15, -0.1) is 0 Å². The molecule has 0 spiro atoms. The molecule has 0 aliphatic rings. The third kappa shape index (κ3) is 1.19. The lowest BCUT2D eigenvalue weighted by molar-refractivity contribution is -0.675. The summed E-state index contributed by atoms with van der Waals surface area (Å²) in [6.45, 7) is 4.34. The molecular weight excluding hydrogens is 202 g/mol. The highest BCUT2D eigenvalue weighted by molar-refractivity contribution is 7.16. The Bertz CT molecular complexity index is 543. The third-order valence-electron chi connectivity index (χ3n) is 1.95. The van der Waals surface area contributed by atoms with Crippen molar-refractivity contribution in [2.24, 2.45) is 0 Å². The Hall–Kier alpha value is -1.43. The summed E-state index contributed by atoms with van der Waals surface area (Å²) in [6.07, 6.45) is 0. The smallest absolute Gasteiger partial charge is 0.374 e. The van der Waals surface area contributed by atoms with Gasteiger partial charge < -0.3 is 5.11 Å². The van der Waals surface area contributed by atoms with E-state index in [-0.39, 0.29) is 11.4 Å². The molecule has 1 N–H and O–H groups in total. The fraction of sp³-hybridized carbons (Fsp3) is 0.375. The summed E-state index contributed by atoms with van der Waals surface area (Å²) in [4.78, 5) is 12.1. The summed E-state index contributed by atoms with van der Waals surface area (Å²) in [5, 5.41) is 14.4. The molecule has 0 atom stereocenters. The Labute approximate surface area is 83.9 Å². The van der Waals surface area contributed by atoms with Gasteiger partial charge in [0.15, 0.2) is 0 Å². The lowest BCUT2D eigenvalue weighted by atomic mass is 10.5. The molecule has 0 aliphatic heterocycles. The molecule has 2 heterocycles. The van der Waals surface area contributed by atoms with E-state index >= 15 is 0 Å². The maximum absolute atomic E-state index is 11.4. The van der Waals surface area contributed by atoms with Gasteiger partial charge in [-0.1, -0.05) is 5.10 Å². The molecule has 0 unspecified atom stereocenters. The Balaban J connectivity index is 2.97. The number of hydrogen-bond acceptors (Lipinski definition) is 4. The number of rotatable bonds is 1. The van der Waals surface area contributed by atoms with Gasteiger partial charge in [0.25, 0.3) is 5.88 Å². The average Bonchev–Trinajstić information content (AvgIpc) is 2.48. The van der Waals surface area contributed by atoms with Crippen LogP contribution in [-0.2, 0) is 6.54 Å². The van der Waals surface area contributed by atoms with Gasteiger partial charge in [-0.3, -0.25) is 0 Å². The lowest BCUT2D eigenvalue weighted by Crippen LogP contribution is -2.37. The first-order valence-corrected chi connectivity index (χ1v) is 5.07. The molecule has 0 bridgehead atoms. The van der Waals surface area contributed by atoms with E-state index in [9.17, 15) is 9.90 Å². The normalized spacial score (nSPS) is 11.0. The van der Waals surface area contributed by atoms with Crippen LogP contribution in [0.3, 0.4) is 0 Å². The minimum Gasteiger partial charge on any atom is -0.478 e. The number of nitrogens with zero attached hydrogens (tertiary/aromatic N) is 3. The fourth-order valence-electron chi connectivity index (χ4n) is 1.34. The second-order valence-electron chi connectivity index (χ2n) is 2.90. The Morgan fingerprint density at radius 3 is 3.07 bits per heavy atom. The number of aromatic nitrogens is 3. The molecule has 2 aromatic rings. The highest BCUT2D eigenvalue weighted by Crippen LogP contribution is 2.10.